The van der Waals surface area contributed by atoms with Crippen molar-refractivity contribution in [3.63, 3.8) is 0 Å². The molecule has 0 fully saturated rings. The fourth-order valence-corrected chi connectivity index (χ4v) is 1.95. The molecule has 0 unspecified atom stereocenters. The highest BCUT2D eigenvalue weighted by Gasteiger charge is 2.07. The summed E-state index contributed by atoms with van der Waals surface area (Å²) in [4.78, 5) is 11.8. The molecule has 0 spiro atoms. The Kier molecular flexibility index (Phi) is 4.02. The van der Waals surface area contributed by atoms with Crippen LogP contribution in [0.25, 0.3) is 0 Å². The topological polar surface area (TPSA) is 72.9 Å². The molecule has 1 aromatic carbocycles. The van der Waals surface area contributed by atoms with Gasteiger partial charge >= 0.3 is 0 Å². The van der Waals surface area contributed by atoms with Crippen LogP contribution in [0, 0.1) is 19.7 Å². The van der Waals surface area contributed by atoms with Gasteiger partial charge in [-0.05, 0) is 38.1 Å². The first-order valence-electron chi connectivity index (χ1n) is 6.31. The first-order chi connectivity index (χ1) is 9.45. The van der Waals surface area contributed by atoms with Crippen LogP contribution in [0.15, 0.2) is 24.3 Å². The number of aromatic nitrogens is 2. The number of anilines is 2. The second kappa shape index (κ2) is 5.73. The Morgan fingerprint density at radius 1 is 1.40 bits per heavy atom. The monoisotopic (exact) mass is 276 g/mol. The van der Waals surface area contributed by atoms with Crippen molar-refractivity contribution in [3.8, 4) is 0 Å². The van der Waals surface area contributed by atoms with E-state index in [1.807, 2.05) is 19.9 Å². The number of carbonyl (C=O) groups excluding carboxylic acids is 1. The number of benzene rings is 1. The van der Waals surface area contributed by atoms with E-state index in [2.05, 4.69) is 10.4 Å². The van der Waals surface area contributed by atoms with E-state index >= 15 is 0 Å². The summed E-state index contributed by atoms with van der Waals surface area (Å²) in [6.45, 7) is 4.35. The minimum Gasteiger partial charge on any atom is -0.396 e. The van der Waals surface area contributed by atoms with Gasteiger partial charge in [-0.15, -0.1) is 0 Å². The van der Waals surface area contributed by atoms with E-state index < -0.39 is 5.82 Å². The minimum atomic E-state index is -0.495. The van der Waals surface area contributed by atoms with Gasteiger partial charge in [-0.25, -0.2) is 4.39 Å². The lowest BCUT2D eigenvalue weighted by atomic mass is 10.2. The van der Waals surface area contributed by atoms with Gasteiger partial charge in [0, 0.05) is 24.3 Å². The van der Waals surface area contributed by atoms with E-state index in [4.69, 9.17) is 5.73 Å². The number of nitrogen functional groups attached to an aromatic ring is 1. The number of nitrogens with two attached hydrogens (primary N) is 1. The average Bonchev–Trinajstić information content (AvgIpc) is 2.70. The molecule has 0 aliphatic heterocycles. The molecule has 0 bridgehead atoms. The highest BCUT2D eigenvalue weighted by atomic mass is 19.1. The van der Waals surface area contributed by atoms with Gasteiger partial charge < -0.3 is 11.1 Å². The number of nitrogens with zero attached hydrogens (tertiary/aromatic N) is 2. The minimum absolute atomic E-state index is 0.0151. The summed E-state index contributed by atoms with van der Waals surface area (Å²) < 4.78 is 14.8. The van der Waals surface area contributed by atoms with Gasteiger partial charge in [0.05, 0.1) is 11.4 Å². The van der Waals surface area contributed by atoms with Crippen molar-refractivity contribution in [3.05, 3.63) is 41.5 Å². The zero-order valence-corrected chi connectivity index (χ0v) is 11.5. The number of halogens is 1. The van der Waals surface area contributed by atoms with Crippen LogP contribution in [0.3, 0.4) is 0 Å². The Labute approximate surface area is 116 Å². The highest BCUT2D eigenvalue weighted by Crippen LogP contribution is 2.16. The molecular weight excluding hydrogens is 259 g/mol. The normalized spacial score (nSPS) is 10.6. The van der Waals surface area contributed by atoms with Gasteiger partial charge in [0.2, 0.25) is 5.91 Å². The predicted octanol–water partition coefficient (Wildman–Crippen LogP) is 2.25. The molecule has 0 saturated carbocycles. The summed E-state index contributed by atoms with van der Waals surface area (Å²) in [5.74, 6) is -0.658. The summed E-state index contributed by atoms with van der Waals surface area (Å²) in [6, 6.07) is 6.06. The maximum atomic E-state index is 13.0. The first-order valence-corrected chi connectivity index (χ1v) is 6.31. The van der Waals surface area contributed by atoms with Gasteiger partial charge in [0.1, 0.15) is 5.82 Å². The van der Waals surface area contributed by atoms with Crippen LogP contribution in [-0.4, -0.2) is 15.7 Å². The van der Waals surface area contributed by atoms with Gasteiger partial charge in [-0.3, -0.25) is 9.48 Å². The molecule has 0 aliphatic carbocycles. The maximum Gasteiger partial charge on any atom is 0.226 e. The molecule has 2 rings (SSSR count). The van der Waals surface area contributed by atoms with Crippen molar-refractivity contribution in [2.75, 3.05) is 11.1 Å². The summed E-state index contributed by atoms with van der Waals surface area (Å²) >= 11 is 0. The fraction of sp³-hybridized carbons (Fsp3) is 0.286. The molecular formula is C14H17FN4O. The van der Waals surface area contributed by atoms with Crippen molar-refractivity contribution in [1.82, 2.24) is 9.78 Å². The summed E-state index contributed by atoms with van der Waals surface area (Å²) in [5.41, 5.74) is 7.89. The van der Waals surface area contributed by atoms with Crippen LogP contribution in [0.1, 0.15) is 17.8 Å². The third kappa shape index (κ3) is 3.34. The molecule has 0 radical (unpaired) electrons. The zero-order valence-electron chi connectivity index (χ0n) is 11.5. The van der Waals surface area contributed by atoms with E-state index in [1.165, 1.54) is 18.2 Å². The van der Waals surface area contributed by atoms with Crippen LogP contribution < -0.4 is 11.1 Å². The first kappa shape index (κ1) is 14.0. The molecule has 0 atom stereocenters. The lowest BCUT2D eigenvalue weighted by molar-refractivity contribution is -0.116. The molecule has 1 heterocycles. The van der Waals surface area contributed by atoms with Crippen LogP contribution in [0.5, 0.6) is 0 Å². The number of amides is 1. The van der Waals surface area contributed by atoms with E-state index in [9.17, 15) is 9.18 Å². The molecule has 1 amide bonds. The molecule has 5 nitrogen and oxygen atoms in total. The number of rotatable bonds is 4. The van der Waals surface area contributed by atoms with Crippen molar-refractivity contribution < 1.29 is 9.18 Å². The molecule has 2 aromatic rings. The van der Waals surface area contributed by atoms with Crippen LogP contribution in [-0.2, 0) is 11.3 Å². The van der Waals surface area contributed by atoms with Gasteiger partial charge in [-0.2, -0.15) is 5.10 Å². The van der Waals surface area contributed by atoms with Crippen molar-refractivity contribution in [1.29, 1.82) is 0 Å². The Morgan fingerprint density at radius 3 is 2.75 bits per heavy atom. The highest BCUT2D eigenvalue weighted by molar-refractivity contribution is 5.91. The second-order valence-electron chi connectivity index (χ2n) is 4.68. The predicted molar refractivity (Wildman–Crippen MR) is 75.8 cm³/mol. The molecule has 0 saturated heterocycles. The second-order valence-corrected chi connectivity index (χ2v) is 4.68. The number of aryl methyl sites for hydroxylation is 3. The Bertz CT molecular complexity index is 636. The van der Waals surface area contributed by atoms with Crippen LogP contribution >= 0.6 is 0 Å². The smallest absolute Gasteiger partial charge is 0.226 e. The van der Waals surface area contributed by atoms with Crippen molar-refractivity contribution in [2.45, 2.75) is 26.8 Å². The molecule has 3 N–H and O–H groups in total. The average molecular weight is 276 g/mol. The molecule has 6 heteroatoms. The Balaban J connectivity index is 1.92. The fourth-order valence-electron chi connectivity index (χ4n) is 1.95. The number of nitrogens with one attached hydrogen (secondary N) is 1. The zero-order chi connectivity index (χ0) is 14.7. The van der Waals surface area contributed by atoms with E-state index in [1.54, 1.807) is 4.68 Å². The van der Waals surface area contributed by atoms with E-state index in [-0.39, 0.29) is 11.6 Å². The molecule has 0 aliphatic rings. The van der Waals surface area contributed by atoms with Gasteiger partial charge in [0.25, 0.3) is 0 Å². The lowest BCUT2D eigenvalue weighted by Gasteiger charge is -2.07. The van der Waals surface area contributed by atoms with Crippen LogP contribution in [0.4, 0.5) is 15.8 Å². The maximum absolute atomic E-state index is 13.0. The summed E-state index contributed by atoms with van der Waals surface area (Å²) in [7, 11) is 0. The third-order valence-electron chi connectivity index (χ3n) is 2.93. The quantitative estimate of drug-likeness (QED) is 0.841. The largest absolute Gasteiger partial charge is 0.396 e. The van der Waals surface area contributed by atoms with E-state index in [0.717, 1.165) is 11.4 Å². The third-order valence-corrected chi connectivity index (χ3v) is 2.93. The summed E-state index contributed by atoms with van der Waals surface area (Å²) in [6.07, 6.45) is 0.291. The number of carbonyl (C=O) groups is 1. The lowest BCUT2D eigenvalue weighted by Crippen LogP contribution is -2.15. The molecule has 1 aromatic heterocycles. The van der Waals surface area contributed by atoms with Gasteiger partial charge in [0.15, 0.2) is 0 Å². The number of hydrogen-bond acceptors (Lipinski definition) is 3. The van der Waals surface area contributed by atoms with Crippen LogP contribution in [0.2, 0.25) is 0 Å². The Morgan fingerprint density at radius 2 is 2.15 bits per heavy atom. The molecule has 20 heavy (non-hydrogen) atoms. The van der Waals surface area contributed by atoms with Crippen molar-refractivity contribution in [2.24, 2.45) is 0 Å². The Hall–Kier alpha value is -2.37. The SMILES string of the molecule is Cc1cc(C)n(CCC(=O)Nc2ccc(F)c(N)c2)n1. The summed E-state index contributed by atoms with van der Waals surface area (Å²) in [5, 5.41) is 6.96. The van der Waals surface area contributed by atoms with Gasteiger partial charge in [-0.1, -0.05) is 0 Å². The van der Waals surface area contributed by atoms with Crippen molar-refractivity contribution >= 4 is 17.3 Å². The van der Waals surface area contributed by atoms with E-state index in [0.29, 0.717) is 18.7 Å². The standard InChI is InChI=1S/C14H17FN4O/c1-9-7-10(2)19(18-9)6-5-14(20)17-11-3-4-12(15)13(16)8-11/h3-4,7-8H,5-6,16H2,1-2H3,(H,17,20). The number of hydrogen-bond donors (Lipinski definition) is 2. The molecule has 106 valence electrons.